The number of rotatable bonds is 7. The molecule has 1 saturated heterocycles. The number of anilines is 1. The summed E-state index contributed by atoms with van der Waals surface area (Å²) in [6.45, 7) is 9.09. The Morgan fingerprint density at radius 3 is 2.68 bits per heavy atom. The first-order valence-electron chi connectivity index (χ1n) is 9.66. The molecule has 0 unspecified atom stereocenters. The minimum Gasteiger partial charge on any atom is -0.348 e. The predicted octanol–water partition coefficient (Wildman–Crippen LogP) is 3.89. The minimum absolute atomic E-state index is 0.145. The van der Waals surface area contributed by atoms with E-state index < -0.39 is 0 Å². The van der Waals surface area contributed by atoms with Gasteiger partial charge in [-0.15, -0.1) is 22.7 Å². The number of carbonyl (C=O) groups is 2. The molecule has 3 heterocycles. The lowest BCUT2D eigenvalue weighted by atomic mass is 9.92. The SMILES string of the molecule is CC(=O)N[C@@H](CC(=O)Nc1nc(CN2C[C@H](C)C[C@H](C)C2)cs1)c1cccs1. The molecule has 6 nitrogen and oxygen atoms in total. The highest BCUT2D eigenvalue weighted by molar-refractivity contribution is 7.14. The van der Waals surface area contributed by atoms with Gasteiger partial charge in [0, 0.05) is 36.8 Å². The zero-order chi connectivity index (χ0) is 20.1. The van der Waals surface area contributed by atoms with E-state index in [2.05, 4.69) is 34.4 Å². The van der Waals surface area contributed by atoms with E-state index in [1.54, 1.807) is 0 Å². The molecule has 8 heteroatoms. The Balaban J connectivity index is 1.55. The molecule has 152 valence electrons. The third kappa shape index (κ3) is 6.12. The second kappa shape index (κ2) is 9.62. The fraction of sp³-hybridized carbons (Fsp3) is 0.550. The van der Waals surface area contributed by atoms with Crippen LogP contribution in [-0.4, -0.2) is 34.8 Å². The van der Waals surface area contributed by atoms with Crippen LogP contribution in [0.2, 0.25) is 0 Å². The second-order valence-corrected chi connectivity index (χ2v) is 9.64. The highest BCUT2D eigenvalue weighted by Gasteiger charge is 2.23. The molecule has 0 aliphatic carbocycles. The van der Waals surface area contributed by atoms with Crippen LogP contribution in [0.3, 0.4) is 0 Å². The van der Waals surface area contributed by atoms with Crippen molar-refractivity contribution in [1.82, 2.24) is 15.2 Å². The summed E-state index contributed by atoms with van der Waals surface area (Å²) < 4.78 is 0. The average Bonchev–Trinajstić information content (AvgIpc) is 3.25. The number of piperidine rings is 1. The quantitative estimate of drug-likeness (QED) is 0.713. The summed E-state index contributed by atoms with van der Waals surface area (Å²) in [5, 5.41) is 10.3. The van der Waals surface area contributed by atoms with Gasteiger partial charge in [-0.3, -0.25) is 14.5 Å². The summed E-state index contributed by atoms with van der Waals surface area (Å²) in [7, 11) is 0. The van der Waals surface area contributed by atoms with Gasteiger partial charge in [0.25, 0.3) is 0 Å². The average molecular weight is 421 g/mol. The number of aromatic nitrogens is 1. The lowest BCUT2D eigenvalue weighted by molar-refractivity contribution is -0.120. The third-order valence-corrected chi connectivity index (χ3v) is 6.57. The van der Waals surface area contributed by atoms with Gasteiger partial charge in [0.2, 0.25) is 11.8 Å². The van der Waals surface area contributed by atoms with Crippen LogP contribution >= 0.6 is 22.7 Å². The zero-order valence-electron chi connectivity index (χ0n) is 16.6. The molecule has 1 aliphatic rings. The molecule has 0 bridgehead atoms. The lowest BCUT2D eigenvalue weighted by Crippen LogP contribution is -2.38. The second-order valence-electron chi connectivity index (χ2n) is 7.80. The van der Waals surface area contributed by atoms with Crippen LogP contribution in [0.15, 0.2) is 22.9 Å². The monoisotopic (exact) mass is 420 g/mol. The molecule has 0 aromatic carbocycles. The maximum atomic E-state index is 12.5. The molecule has 2 aromatic rings. The smallest absolute Gasteiger partial charge is 0.228 e. The van der Waals surface area contributed by atoms with Crippen LogP contribution < -0.4 is 10.6 Å². The molecule has 2 aromatic heterocycles. The van der Waals surface area contributed by atoms with Crippen LogP contribution in [0.25, 0.3) is 0 Å². The number of hydrogen-bond acceptors (Lipinski definition) is 6. The van der Waals surface area contributed by atoms with Gasteiger partial charge in [-0.25, -0.2) is 4.98 Å². The minimum atomic E-state index is -0.312. The van der Waals surface area contributed by atoms with Crippen molar-refractivity contribution in [2.24, 2.45) is 11.8 Å². The van der Waals surface area contributed by atoms with Gasteiger partial charge >= 0.3 is 0 Å². The first-order chi connectivity index (χ1) is 13.4. The van der Waals surface area contributed by atoms with E-state index in [-0.39, 0.29) is 24.3 Å². The predicted molar refractivity (Wildman–Crippen MR) is 114 cm³/mol. The summed E-state index contributed by atoms with van der Waals surface area (Å²) in [6, 6.07) is 3.54. The van der Waals surface area contributed by atoms with Crippen molar-refractivity contribution < 1.29 is 9.59 Å². The van der Waals surface area contributed by atoms with Crippen molar-refractivity contribution in [3.8, 4) is 0 Å². The Hall–Kier alpha value is -1.77. The van der Waals surface area contributed by atoms with Crippen molar-refractivity contribution >= 4 is 39.6 Å². The highest BCUT2D eigenvalue weighted by atomic mass is 32.1. The third-order valence-electron chi connectivity index (χ3n) is 4.78. The number of nitrogens with one attached hydrogen (secondary N) is 2. The summed E-state index contributed by atoms with van der Waals surface area (Å²) in [5.74, 6) is 1.13. The number of thiazole rings is 1. The number of thiophene rings is 1. The van der Waals surface area contributed by atoms with Crippen molar-refractivity contribution in [3.05, 3.63) is 33.5 Å². The number of nitrogens with zero attached hydrogens (tertiary/aromatic N) is 2. The van der Waals surface area contributed by atoms with Gasteiger partial charge in [-0.2, -0.15) is 0 Å². The molecule has 0 radical (unpaired) electrons. The Labute approximate surface area is 174 Å². The van der Waals surface area contributed by atoms with Gasteiger partial charge in [0.05, 0.1) is 18.2 Å². The van der Waals surface area contributed by atoms with E-state index in [0.717, 1.165) is 30.2 Å². The van der Waals surface area contributed by atoms with E-state index in [4.69, 9.17) is 0 Å². The summed E-state index contributed by atoms with van der Waals surface area (Å²) in [4.78, 5) is 32.0. The van der Waals surface area contributed by atoms with E-state index in [9.17, 15) is 9.59 Å². The standard InChI is InChI=1S/C20H28N4O2S2/c1-13-7-14(2)10-24(9-13)11-16-12-28-20(22-16)23-19(26)8-17(21-15(3)25)18-5-4-6-27-18/h4-6,12-14,17H,7-11H2,1-3H3,(H,21,25)(H,22,23,26)/t13-,14+,17-/m0/s1. The molecule has 1 aliphatic heterocycles. The van der Waals surface area contributed by atoms with Gasteiger partial charge in [0.15, 0.2) is 5.13 Å². The number of hydrogen-bond donors (Lipinski definition) is 2. The van der Waals surface area contributed by atoms with E-state index in [1.807, 2.05) is 22.9 Å². The Morgan fingerprint density at radius 1 is 1.29 bits per heavy atom. The van der Waals surface area contributed by atoms with Crippen LogP contribution in [-0.2, 0) is 16.1 Å². The molecule has 2 amide bonds. The summed E-state index contributed by atoms with van der Waals surface area (Å²) in [6.07, 6.45) is 1.48. The van der Waals surface area contributed by atoms with Gasteiger partial charge < -0.3 is 10.6 Å². The molecule has 28 heavy (non-hydrogen) atoms. The van der Waals surface area contributed by atoms with Crippen molar-refractivity contribution in [2.45, 2.75) is 46.2 Å². The van der Waals surface area contributed by atoms with Crippen molar-refractivity contribution in [3.63, 3.8) is 0 Å². The van der Waals surface area contributed by atoms with Gasteiger partial charge in [-0.05, 0) is 29.7 Å². The largest absolute Gasteiger partial charge is 0.348 e. The molecule has 1 fully saturated rings. The highest BCUT2D eigenvalue weighted by Crippen LogP contribution is 2.25. The Bertz CT molecular complexity index is 780. The van der Waals surface area contributed by atoms with Crippen LogP contribution in [0, 0.1) is 11.8 Å². The van der Waals surface area contributed by atoms with Crippen molar-refractivity contribution in [1.29, 1.82) is 0 Å². The first kappa shape index (κ1) is 21.0. The Kier molecular flexibility index (Phi) is 7.20. The molecular weight excluding hydrogens is 392 g/mol. The van der Waals surface area contributed by atoms with Gasteiger partial charge in [0.1, 0.15) is 0 Å². The fourth-order valence-electron chi connectivity index (χ4n) is 3.90. The van der Waals surface area contributed by atoms with Crippen molar-refractivity contribution in [2.75, 3.05) is 18.4 Å². The van der Waals surface area contributed by atoms with E-state index in [1.165, 1.54) is 36.0 Å². The van der Waals surface area contributed by atoms with Crippen LogP contribution in [0.1, 0.15) is 50.2 Å². The van der Waals surface area contributed by atoms with E-state index >= 15 is 0 Å². The molecule has 2 N–H and O–H groups in total. The topological polar surface area (TPSA) is 74.3 Å². The van der Waals surface area contributed by atoms with Crippen LogP contribution in [0.4, 0.5) is 5.13 Å². The molecule has 3 atom stereocenters. The maximum absolute atomic E-state index is 12.5. The number of likely N-dealkylation sites (tertiary alicyclic amines) is 1. The molecule has 0 spiro atoms. The summed E-state index contributed by atoms with van der Waals surface area (Å²) in [5.41, 5.74) is 0.998. The van der Waals surface area contributed by atoms with Gasteiger partial charge in [-0.1, -0.05) is 19.9 Å². The Morgan fingerprint density at radius 2 is 2.04 bits per heavy atom. The maximum Gasteiger partial charge on any atom is 0.228 e. The lowest BCUT2D eigenvalue weighted by Gasteiger charge is -2.34. The molecule has 0 saturated carbocycles. The first-order valence-corrected chi connectivity index (χ1v) is 11.4. The normalized spacial score (nSPS) is 21.2. The summed E-state index contributed by atoms with van der Waals surface area (Å²) >= 11 is 2.98. The number of carbonyl (C=O) groups excluding carboxylic acids is 2. The molecule has 3 rings (SSSR count). The van der Waals surface area contributed by atoms with E-state index in [0.29, 0.717) is 17.0 Å². The number of amides is 2. The van der Waals surface area contributed by atoms with Crippen LogP contribution in [0.5, 0.6) is 0 Å². The zero-order valence-corrected chi connectivity index (χ0v) is 18.2. The fourth-order valence-corrected chi connectivity index (χ4v) is 5.40. The molecular formula is C20H28N4O2S2.